The van der Waals surface area contributed by atoms with E-state index in [1.807, 2.05) is 12.3 Å². The number of rotatable bonds is 4. The average Bonchev–Trinajstić information content (AvgIpc) is 2.90. The summed E-state index contributed by atoms with van der Waals surface area (Å²) < 4.78 is 1.80. The molecule has 0 bridgehead atoms. The molecule has 1 amide bonds. The summed E-state index contributed by atoms with van der Waals surface area (Å²) in [5.74, 6) is 1.83. The van der Waals surface area contributed by atoms with E-state index in [1.54, 1.807) is 22.6 Å². The highest BCUT2D eigenvalue weighted by Gasteiger charge is 2.21. The first kappa shape index (κ1) is 10.5. The van der Waals surface area contributed by atoms with Crippen molar-refractivity contribution in [2.45, 2.75) is 12.6 Å². The lowest BCUT2D eigenvalue weighted by Gasteiger charge is -2.10. The van der Waals surface area contributed by atoms with Crippen molar-refractivity contribution in [1.29, 1.82) is 0 Å². The predicted molar refractivity (Wildman–Crippen MR) is 59.5 cm³/mol. The van der Waals surface area contributed by atoms with Crippen LogP contribution in [0.5, 0.6) is 0 Å². The molecule has 0 aromatic carbocycles. The zero-order valence-electron chi connectivity index (χ0n) is 8.35. The van der Waals surface area contributed by atoms with Gasteiger partial charge in [-0.2, -0.15) is 5.10 Å². The van der Waals surface area contributed by atoms with Gasteiger partial charge in [-0.3, -0.25) is 14.8 Å². The third-order valence-corrected chi connectivity index (χ3v) is 3.17. The fourth-order valence-electron chi connectivity index (χ4n) is 1.41. The van der Waals surface area contributed by atoms with Gasteiger partial charge < -0.3 is 5.32 Å². The van der Waals surface area contributed by atoms with Crippen LogP contribution in [-0.2, 0) is 11.3 Å². The minimum absolute atomic E-state index is 0.0207. The topological polar surface area (TPSA) is 59.0 Å². The Morgan fingerprint density at radius 3 is 3.33 bits per heavy atom. The lowest BCUT2D eigenvalue weighted by molar-refractivity contribution is -0.122. The van der Waals surface area contributed by atoms with Gasteiger partial charge in [-0.25, -0.2) is 0 Å². The largest absolute Gasteiger partial charge is 0.353 e. The number of hydrogen-bond donors (Lipinski definition) is 2. The summed E-state index contributed by atoms with van der Waals surface area (Å²) in [6.45, 7) is 1.35. The summed E-state index contributed by atoms with van der Waals surface area (Å²) in [5, 5.41) is 10.1. The van der Waals surface area contributed by atoms with Gasteiger partial charge in [-0.05, 0) is 6.07 Å². The Hall–Kier alpha value is -1.01. The Morgan fingerprint density at radius 1 is 1.73 bits per heavy atom. The Labute approximate surface area is 92.6 Å². The zero-order valence-corrected chi connectivity index (χ0v) is 9.17. The maximum atomic E-state index is 11.6. The quantitative estimate of drug-likeness (QED) is 0.737. The fourth-order valence-corrected chi connectivity index (χ4v) is 2.35. The molecular formula is C9H14N4OS. The molecule has 1 aromatic heterocycles. The first-order valence-corrected chi connectivity index (χ1v) is 6.08. The van der Waals surface area contributed by atoms with Crippen LogP contribution in [0.4, 0.5) is 0 Å². The van der Waals surface area contributed by atoms with Crippen molar-refractivity contribution in [3.05, 3.63) is 18.5 Å². The molecule has 6 heteroatoms. The van der Waals surface area contributed by atoms with E-state index in [9.17, 15) is 4.79 Å². The lowest BCUT2D eigenvalue weighted by Crippen LogP contribution is -2.43. The van der Waals surface area contributed by atoms with Gasteiger partial charge in [0.25, 0.3) is 0 Å². The molecule has 2 N–H and O–H groups in total. The van der Waals surface area contributed by atoms with E-state index in [0.29, 0.717) is 6.54 Å². The van der Waals surface area contributed by atoms with Crippen LogP contribution in [0.15, 0.2) is 18.5 Å². The van der Waals surface area contributed by atoms with Crippen LogP contribution >= 0.6 is 11.8 Å². The second-order valence-electron chi connectivity index (χ2n) is 3.33. The number of thioether (sulfide) groups is 1. The van der Waals surface area contributed by atoms with Crippen molar-refractivity contribution >= 4 is 17.7 Å². The molecule has 1 saturated heterocycles. The Kier molecular flexibility index (Phi) is 3.63. The third-order valence-electron chi connectivity index (χ3n) is 2.23. The SMILES string of the molecule is O=C(NCCn1cccn1)C1CSCN1. The molecule has 1 aliphatic heterocycles. The number of amides is 1. The van der Waals surface area contributed by atoms with Crippen LogP contribution in [0.2, 0.25) is 0 Å². The normalized spacial score (nSPS) is 20.4. The molecule has 15 heavy (non-hydrogen) atoms. The molecule has 82 valence electrons. The van der Waals surface area contributed by atoms with Gasteiger partial charge in [-0.15, -0.1) is 11.8 Å². The van der Waals surface area contributed by atoms with E-state index in [4.69, 9.17) is 0 Å². The minimum Gasteiger partial charge on any atom is -0.353 e. The average molecular weight is 226 g/mol. The van der Waals surface area contributed by atoms with Crippen LogP contribution in [0.3, 0.4) is 0 Å². The van der Waals surface area contributed by atoms with Gasteiger partial charge in [0, 0.05) is 30.6 Å². The highest BCUT2D eigenvalue weighted by atomic mass is 32.2. The fraction of sp³-hybridized carbons (Fsp3) is 0.556. The minimum atomic E-state index is -0.0207. The highest BCUT2D eigenvalue weighted by Crippen LogP contribution is 2.08. The summed E-state index contributed by atoms with van der Waals surface area (Å²) in [5.41, 5.74) is 0. The first-order chi connectivity index (χ1) is 7.36. The molecule has 1 aliphatic rings. The van der Waals surface area contributed by atoms with Gasteiger partial charge in [0.2, 0.25) is 5.91 Å². The van der Waals surface area contributed by atoms with Crippen LogP contribution in [0, 0.1) is 0 Å². The van der Waals surface area contributed by atoms with Gasteiger partial charge in [0.1, 0.15) is 0 Å². The van der Waals surface area contributed by atoms with E-state index in [-0.39, 0.29) is 11.9 Å². The molecule has 5 nitrogen and oxygen atoms in total. The molecule has 0 spiro atoms. The molecule has 0 saturated carbocycles. The summed E-state index contributed by atoms with van der Waals surface area (Å²) >= 11 is 1.75. The Bertz CT molecular complexity index is 308. The number of nitrogens with one attached hydrogen (secondary N) is 2. The Balaban J connectivity index is 1.67. The maximum Gasteiger partial charge on any atom is 0.238 e. The standard InChI is InChI=1S/C9H14N4OS/c14-9(8-6-15-7-11-8)10-3-5-13-4-1-2-12-13/h1-2,4,8,11H,3,5-7H2,(H,10,14). The number of carbonyl (C=O) groups is 1. The third kappa shape index (κ3) is 2.97. The molecule has 1 fully saturated rings. The van der Waals surface area contributed by atoms with Gasteiger partial charge >= 0.3 is 0 Å². The number of aromatic nitrogens is 2. The molecule has 0 aliphatic carbocycles. The summed E-state index contributed by atoms with van der Waals surface area (Å²) in [6, 6.07) is 1.85. The second-order valence-corrected chi connectivity index (χ2v) is 4.36. The number of nitrogens with zero attached hydrogens (tertiary/aromatic N) is 2. The van der Waals surface area contributed by atoms with E-state index in [0.717, 1.165) is 18.2 Å². The second kappa shape index (κ2) is 5.18. The zero-order chi connectivity index (χ0) is 10.5. The van der Waals surface area contributed by atoms with Crippen molar-refractivity contribution in [2.75, 3.05) is 18.2 Å². The van der Waals surface area contributed by atoms with Gasteiger partial charge in [-0.1, -0.05) is 0 Å². The van der Waals surface area contributed by atoms with E-state index in [2.05, 4.69) is 15.7 Å². The van der Waals surface area contributed by atoms with E-state index < -0.39 is 0 Å². The van der Waals surface area contributed by atoms with Crippen LogP contribution in [-0.4, -0.2) is 39.9 Å². The van der Waals surface area contributed by atoms with Crippen molar-refractivity contribution < 1.29 is 4.79 Å². The molecule has 2 heterocycles. The van der Waals surface area contributed by atoms with E-state index >= 15 is 0 Å². The molecule has 0 radical (unpaired) electrons. The summed E-state index contributed by atoms with van der Waals surface area (Å²) in [6.07, 6.45) is 3.62. The molecule has 1 atom stereocenters. The molecular weight excluding hydrogens is 212 g/mol. The number of hydrogen-bond acceptors (Lipinski definition) is 4. The highest BCUT2D eigenvalue weighted by molar-refractivity contribution is 7.99. The monoisotopic (exact) mass is 226 g/mol. The van der Waals surface area contributed by atoms with Gasteiger partial charge in [0.05, 0.1) is 12.6 Å². The van der Waals surface area contributed by atoms with Crippen LogP contribution < -0.4 is 10.6 Å². The predicted octanol–water partition coefficient (Wildman–Crippen LogP) is -0.338. The van der Waals surface area contributed by atoms with E-state index in [1.165, 1.54) is 0 Å². The summed E-state index contributed by atoms with van der Waals surface area (Å²) in [7, 11) is 0. The Morgan fingerprint density at radius 2 is 2.67 bits per heavy atom. The van der Waals surface area contributed by atoms with Crippen molar-refractivity contribution in [3.63, 3.8) is 0 Å². The molecule has 1 aromatic rings. The van der Waals surface area contributed by atoms with Crippen molar-refractivity contribution in [3.8, 4) is 0 Å². The van der Waals surface area contributed by atoms with Crippen molar-refractivity contribution in [1.82, 2.24) is 20.4 Å². The summed E-state index contributed by atoms with van der Waals surface area (Å²) in [4.78, 5) is 11.6. The molecule has 1 unspecified atom stereocenters. The lowest BCUT2D eigenvalue weighted by atomic mass is 10.3. The maximum absolute atomic E-state index is 11.6. The van der Waals surface area contributed by atoms with Gasteiger partial charge in [0.15, 0.2) is 0 Å². The van der Waals surface area contributed by atoms with Crippen LogP contribution in [0.25, 0.3) is 0 Å². The van der Waals surface area contributed by atoms with Crippen molar-refractivity contribution in [2.24, 2.45) is 0 Å². The molecule has 2 rings (SSSR count). The smallest absolute Gasteiger partial charge is 0.238 e. The van der Waals surface area contributed by atoms with Crippen LogP contribution in [0.1, 0.15) is 0 Å². The first-order valence-electron chi connectivity index (χ1n) is 4.92. The number of carbonyl (C=O) groups excluding carboxylic acids is 1.